The fourth-order valence-electron chi connectivity index (χ4n) is 3.33. The predicted molar refractivity (Wildman–Crippen MR) is 102 cm³/mol. The van der Waals surface area contributed by atoms with Gasteiger partial charge in [-0.25, -0.2) is 8.42 Å². The molecule has 1 heterocycles. The molecule has 142 valence electrons. The van der Waals surface area contributed by atoms with Crippen molar-refractivity contribution in [1.29, 1.82) is 0 Å². The van der Waals surface area contributed by atoms with Crippen LogP contribution in [0.4, 0.5) is 0 Å². The molecule has 8 heteroatoms. The molecule has 0 radical (unpaired) electrons. The number of benzene rings is 1. The standard InChI is InChI=1S/C17H27N3O3S.ClH/c1-3-20(24(2,22)23)15-9-11-19(12-10-15)17(21)16(18)13-14-7-5-4-6-8-14;/h4-8,15-16H,3,9-13,18H2,1-2H3;1H/t16-;/m0./s1. The summed E-state index contributed by atoms with van der Waals surface area (Å²) < 4.78 is 25.2. The normalized spacial score (nSPS) is 17.2. The van der Waals surface area contributed by atoms with E-state index < -0.39 is 16.1 Å². The number of carbonyl (C=O) groups excluding carboxylic acids is 1. The highest BCUT2D eigenvalue weighted by atomic mass is 35.5. The Morgan fingerprint density at radius 3 is 2.32 bits per heavy atom. The number of nitrogens with zero attached hydrogens (tertiary/aromatic N) is 2. The van der Waals surface area contributed by atoms with Crippen molar-refractivity contribution in [3.05, 3.63) is 35.9 Å². The second-order valence-electron chi connectivity index (χ2n) is 6.32. The zero-order valence-corrected chi connectivity index (χ0v) is 16.4. The van der Waals surface area contributed by atoms with E-state index >= 15 is 0 Å². The van der Waals surface area contributed by atoms with E-state index in [-0.39, 0.29) is 24.4 Å². The number of sulfonamides is 1. The van der Waals surface area contributed by atoms with Crippen molar-refractivity contribution in [3.63, 3.8) is 0 Å². The summed E-state index contributed by atoms with van der Waals surface area (Å²) in [6, 6.07) is 9.14. The van der Waals surface area contributed by atoms with Gasteiger partial charge in [0.1, 0.15) is 0 Å². The first-order valence-corrected chi connectivity index (χ1v) is 10.2. The van der Waals surface area contributed by atoms with Gasteiger partial charge in [-0.15, -0.1) is 12.4 Å². The van der Waals surface area contributed by atoms with Gasteiger partial charge in [-0.3, -0.25) is 4.79 Å². The van der Waals surface area contributed by atoms with Crippen LogP contribution < -0.4 is 5.73 Å². The molecule has 0 unspecified atom stereocenters. The van der Waals surface area contributed by atoms with Crippen LogP contribution in [0, 0.1) is 0 Å². The molecule has 1 aromatic rings. The zero-order valence-electron chi connectivity index (χ0n) is 14.8. The number of hydrogen-bond donors (Lipinski definition) is 1. The van der Waals surface area contributed by atoms with Crippen molar-refractivity contribution in [2.45, 2.75) is 38.3 Å². The molecule has 0 aromatic heterocycles. The van der Waals surface area contributed by atoms with Crippen molar-refractivity contribution >= 4 is 28.3 Å². The molecule has 25 heavy (non-hydrogen) atoms. The maximum Gasteiger partial charge on any atom is 0.239 e. The molecule has 1 fully saturated rings. The van der Waals surface area contributed by atoms with E-state index in [0.717, 1.165) is 5.56 Å². The molecule has 0 bridgehead atoms. The average molecular weight is 390 g/mol. The minimum absolute atomic E-state index is 0. The summed E-state index contributed by atoms with van der Waals surface area (Å²) >= 11 is 0. The lowest BCUT2D eigenvalue weighted by Crippen LogP contribution is -2.52. The van der Waals surface area contributed by atoms with Crippen LogP contribution in [0.5, 0.6) is 0 Å². The van der Waals surface area contributed by atoms with E-state index in [1.54, 1.807) is 4.90 Å². The largest absolute Gasteiger partial charge is 0.341 e. The zero-order chi connectivity index (χ0) is 17.7. The van der Waals surface area contributed by atoms with E-state index in [1.807, 2.05) is 37.3 Å². The van der Waals surface area contributed by atoms with Gasteiger partial charge in [0.05, 0.1) is 12.3 Å². The van der Waals surface area contributed by atoms with Crippen LogP contribution >= 0.6 is 12.4 Å². The Bertz CT molecular complexity index is 646. The number of amides is 1. The summed E-state index contributed by atoms with van der Waals surface area (Å²) in [5.74, 6) is -0.0558. The van der Waals surface area contributed by atoms with E-state index in [1.165, 1.54) is 10.6 Å². The van der Waals surface area contributed by atoms with E-state index in [0.29, 0.717) is 38.9 Å². The predicted octanol–water partition coefficient (Wildman–Crippen LogP) is 1.25. The molecule has 1 saturated heterocycles. The van der Waals surface area contributed by atoms with E-state index in [4.69, 9.17) is 5.73 Å². The van der Waals surface area contributed by atoms with E-state index in [2.05, 4.69) is 0 Å². The first kappa shape index (κ1) is 21.9. The fourth-order valence-corrected chi connectivity index (χ4v) is 4.55. The Morgan fingerprint density at radius 2 is 1.84 bits per heavy atom. The Morgan fingerprint density at radius 1 is 1.28 bits per heavy atom. The van der Waals surface area contributed by atoms with Gasteiger partial charge in [0.25, 0.3) is 0 Å². The number of carbonyl (C=O) groups is 1. The molecule has 1 amide bonds. The van der Waals surface area contributed by atoms with Gasteiger partial charge in [-0.1, -0.05) is 37.3 Å². The molecule has 2 N–H and O–H groups in total. The fraction of sp³-hybridized carbons (Fsp3) is 0.588. The Labute approximate surface area is 156 Å². The third-order valence-corrected chi connectivity index (χ3v) is 5.95. The summed E-state index contributed by atoms with van der Waals surface area (Å²) in [5.41, 5.74) is 7.12. The van der Waals surface area contributed by atoms with Crippen LogP contribution in [0.15, 0.2) is 30.3 Å². The molecule has 6 nitrogen and oxygen atoms in total. The quantitative estimate of drug-likeness (QED) is 0.793. The van der Waals surface area contributed by atoms with Crippen molar-refractivity contribution in [2.24, 2.45) is 5.73 Å². The summed E-state index contributed by atoms with van der Waals surface area (Å²) in [6.07, 6.45) is 3.07. The summed E-state index contributed by atoms with van der Waals surface area (Å²) in [4.78, 5) is 14.3. The number of piperidine rings is 1. The Balaban J connectivity index is 0.00000312. The minimum Gasteiger partial charge on any atom is -0.341 e. The molecule has 2 rings (SSSR count). The first-order chi connectivity index (χ1) is 11.3. The number of rotatable bonds is 6. The maximum absolute atomic E-state index is 12.5. The third-order valence-electron chi connectivity index (χ3n) is 4.54. The van der Waals surface area contributed by atoms with Gasteiger partial charge < -0.3 is 10.6 Å². The number of nitrogens with two attached hydrogens (primary N) is 1. The number of likely N-dealkylation sites (tertiary alicyclic amines) is 1. The molecule has 1 aromatic carbocycles. The summed E-state index contributed by atoms with van der Waals surface area (Å²) in [7, 11) is -3.20. The highest BCUT2D eigenvalue weighted by molar-refractivity contribution is 7.88. The Hall–Kier alpha value is -1.15. The maximum atomic E-state index is 12.5. The highest BCUT2D eigenvalue weighted by Gasteiger charge is 2.31. The smallest absolute Gasteiger partial charge is 0.239 e. The molecule has 1 aliphatic rings. The van der Waals surface area contributed by atoms with Crippen LogP contribution in [-0.4, -0.2) is 61.5 Å². The monoisotopic (exact) mass is 389 g/mol. The van der Waals surface area contributed by atoms with Gasteiger partial charge in [0.2, 0.25) is 15.9 Å². The van der Waals surface area contributed by atoms with Crippen LogP contribution in [0.1, 0.15) is 25.3 Å². The molecule has 0 aliphatic carbocycles. The number of hydrogen-bond acceptors (Lipinski definition) is 4. The lowest BCUT2D eigenvalue weighted by Gasteiger charge is -2.37. The van der Waals surface area contributed by atoms with Crippen LogP contribution in [-0.2, 0) is 21.2 Å². The molecular formula is C17H28ClN3O3S. The molecular weight excluding hydrogens is 362 g/mol. The van der Waals surface area contributed by atoms with Crippen molar-refractivity contribution in [1.82, 2.24) is 9.21 Å². The SMILES string of the molecule is CCN(C1CCN(C(=O)[C@@H](N)Cc2ccccc2)CC1)S(C)(=O)=O.Cl. The van der Waals surface area contributed by atoms with Gasteiger partial charge in [-0.05, 0) is 24.8 Å². The summed E-state index contributed by atoms with van der Waals surface area (Å²) in [5, 5.41) is 0. The Kier molecular flexibility index (Phi) is 8.34. The van der Waals surface area contributed by atoms with Gasteiger partial charge in [-0.2, -0.15) is 4.31 Å². The second kappa shape index (κ2) is 9.52. The molecule has 0 saturated carbocycles. The second-order valence-corrected chi connectivity index (χ2v) is 8.25. The summed E-state index contributed by atoms with van der Waals surface area (Å²) in [6.45, 7) is 3.41. The molecule has 1 atom stereocenters. The van der Waals surface area contributed by atoms with Gasteiger partial charge >= 0.3 is 0 Å². The molecule has 1 aliphatic heterocycles. The molecule has 0 spiro atoms. The minimum atomic E-state index is -3.20. The highest BCUT2D eigenvalue weighted by Crippen LogP contribution is 2.19. The first-order valence-electron chi connectivity index (χ1n) is 8.38. The third kappa shape index (κ3) is 5.95. The lowest BCUT2D eigenvalue weighted by atomic mass is 10.0. The van der Waals surface area contributed by atoms with Crippen molar-refractivity contribution in [3.8, 4) is 0 Å². The topological polar surface area (TPSA) is 83.7 Å². The van der Waals surface area contributed by atoms with Gasteiger partial charge in [0.15, 0.2) is 0 Å². The van der Waals surface area contributed by atoms with Crippen molar-refractivity contribution in [2.75, 3.05) is 25.9 Å². The van der Waals surface area contributed by atoms with Crippen molar-refractivity contribution < 1.29 is 13.2 Å². The van der Waals surface area contributed by atoms with Gasteiger partial charge in [0, 0.05) is 25.7 Å². The number of halogens is 1. The lowest BCUT2D eigenvalue weighted by molar-refractivity contribution is -0.133. The van der Waals surface area contributed by atoms with Crippen LogP contribution in [0.2, 0.25) is 0 Å². The van der Waals surface area contributed by atoms with Crippen LogP contribution in [0.3, 0.4) is 0 Å². The van der Waals surface area contributed by atoms with Crippen LogP contribution in [0.25, 0.3) is 0 Å². The average Bonchev–Trinajstić information content (AvgIpc) is 2.55. The van der Waals surface area contributed by atoms with E-state index in [9.17, 15) is 13.2 Å².